The van der Waals surface area contributed by atoms with Crippen molar-refractivity contribution in [3.8, 4) is 0 Å². The predicted molar refractivity (Wildman–Crippen MR) is 103 cm³/mol. The van der Waals surface area contributed by atoms with Gasteiger partial charge in [0.1, 0.15) is 0 Å². The topological polar surface area (TPSA) is 55.4 Å². The van der Waals surface area contributed by atoms with Gasteiger partial charge in [-0.3, -0.25) is 13.9 Å². The number of carbonyl (C=O) groups is 1. The van der Waals surface area contributed by atoms with Crippen LogP contribution >= 0.6 is 11.3 Å². The van der Waals surface area contributed by atoms with E-state index in [0.717, 1.165) is 22.0 Å². The summed E-state index contributed by atoms with van der Waals surface area (Å²) in [6.45, 7) is 8.82. The highest BCUT2D eigenvalue weighted by molar-refractivity contribution is 7.17. The van der Waals surface area contributed by atoms with Gasteiger partial charge < -0.3 is 4.90 Å². The Morgan fingerprint density at radius 1 is 1.38 bits per heavy atom. The first-order valence-electron chi connectivity index (χ1n) is 9.10. The van der Waals surface area contributed by atoms with Gasteiger partial charge in [0, 0.05) is 23.8 Å². The maximum Gasteiger partial charge on any atom is 0.274 e. The van der Waals surface area contributed by atoms with Crippen molar-refractivity contribution >= 4 is 22.2 Å². The van der Waals surface area contributed by atoms with Gasteiger partial charge in [0.2, 0.25) is 0 Å². The predicted octanol–water partition coefficient (Wildman–Crippen LogP) is 3.76. The van der Waals surface area contributed by atoms with Gasteiger partial charge in [0.25, 0.3) is 5.91 Å². The van der Waals surface area contributed by atoms with E-state index < -0.39 is 0 Å². The molecule has 138 valence electrons. The summed E-state index contributed by atoms with van der Waals surface area (Å²) in [6, 6.07) is 2.28. The molecule has 1 amide bonds. The number of carbonyl (C=O) groups excluding carboxylic acids is 1. The summed E-state index contributed by atoms with van der Waals surface area (Å²) in [5.74, 6) is 0.662. The summed E-state index contributed by atoms with van der Waals surface area (Å²) in [5.41, 5.74) is 3.61. The molecule has 26 heavy (non-hydrogen) atoms. The quantitative estimate of drug-likeness (QED) is 0.686. The second-order valence-electron chi connectivity index (χ2n) is 7.49. The molecule has 0 saturated heterocycles. The molecule has 0 aliphatic heterocycles. The molecule has 1 fully saturated rings. The molecule has 1 unspecified atom stereocenters. The van der Waals surface area contributed by atoms with Crippen LogP contribution in [0.25, 0.3) is 4.96 Å². The molecule has 0 bridgehead atoms. The van der Waals surface area contributed by atoms with Crippen molar-refractivity contribution in [2.24, 2.45) is 5.92 Å². The Balaban J connectivity index is 1.56. The molecule has 0 spiro atoms. The minimum Gasteiger partial charge on any atom is -0.334 e. The standard InChI is InChI=1S/C19H25N5OS/c1-11-8-16(21-24(11)14(4)15-6-7-15)18(25)22(5)10-17-13(3)20-19-23(17)9-12(2)26-19/h8-9,14-15H,6-7,10H2,1-5H3. The maximum atomic E-state index is 12.9. The van der Waals surface area contributed by atoms with E-state index >= 15 is 0 Å². The minimum absolute atomic E-state index is 0.0452. The summed E-state index contributed by atoms with van der Waals surface area (Å²) in [4.78, 5) is 21.5. The lowest BCUT2D eigenvalue weighted by Crippen LogP contribution is -2.27. The number of aryl methyl sites for hydroxylation is 3. The molecule has 3 heterocycles. The lowest BCUT2D eigenvalue weighted by Gasteiger charge is -2.16. The van der Waals surface area contributed by atoms with Crippen LogP contribution in [0.15, 0.2) is 12.3 Å². The van der Waals surface area contributed by atoms with E-state index in [0.29, 0.717) is 24.2 Å². The van der Waals surface area contributed by atoms with Gasteiger partial charge in [0.15, 0.2) is 10.7 Å². The van der Waals surface area contributed by atoms with Gasteiger partial charge in [-0.25, -0.2) is 4.98 Å². The molecule has 0 radical (unpaired) electrons. The maximum absolute atomic E-state index is 12.9. The summed E-state index contributed by atoms with van der Waals surface area (Å²) >= 11 is 1.67. The summed E-state index contributed by atoms with van der Waals surface area (Å²) in [7, 11) is 1.83. The molecule has 1 saturated carbocycles. The van der Waals surface area contributed by atoms with Crippen LogP contribution in [0.4, 0.5) is 0 Å². The molecule has 0 N–H and O–H groups in total. The first kappa shape index (κ1) is 17.3. The fraction of sp³-hybridized carbons (Fsp3) is 0.526. The average molecular weight is 372 g/mol. The van der Waals surface area contributed by atoms with E-state index in [2.05, 4.69) is 34.5 Å². The minimum atomic E-state index is -0.0452. The van der Waals surface area contributed by atoms with E-state index in [1.54, 1.807) is 16.2 Å². The fourth-order valence-corrected chi connectivity index (χ4v) is 4.46. The SMILES string of the molecule is Cc1cn2c(CN(C)C(=O)c3cc(C)n(C(C)C4CC4)n3)c(C)nc2s1. The third-order valence-corrected chi connectivity index (χ3v) is 6.20. The molecule has 7 heteroatoms. The largest absolute Gasteiger partial charge is 0.334 e. The van der Waals surface area contributed by atoms with Crippen LogP contribution in [-0.2, 0) is 6.54 Å². The molecular weight excluding hydrogens is 346 g/mol. The van der Waals surface area contributed by atoms with Crippen molar-refractivity contribution in [2.45, 2.75) is 53.1 Å². The highest BCUT2D eigenvalue weighted by Crippen LogP contribution is 2.39. The number of thiazole rings is 1. The van der Waals surface area contributed by atoms with E-state index in [1.165, 1.54) is 17.7 Å². The average Bonchev–Trinajstić information content (AvgIpc) is 3.21. The van der Waals surface area contributed by atoms with Gasteiger partial charge in [-0.1, -0.05) is 0 Å². The van der Waals surface area contributed by atoms with Crippen molar-refractivity contribution in [3.05, 3.63) is 39.9 Å². The van der Waals surface area contributed by atoms with Crippen molar-refractivity contribution in [1.29, 1.82) is 0 Å². The van der Waals surface area contributed by atoms with Crippen LogP contribution in [0.3, 0.4) is 0 Å². The molecule has 1 atom stereocenters. The van der Waals surface area contributed by atoms with E-state index in [4.69, 9.17) is 0 Å². The Hall–Kier alpha value is -2.15. The highest BCUT2D eigenvalue weighted by atomic mass is 32.1. The molecule has 6 nitrogen and oxygen atoms in total. The number of aromatic nitrogens is 4. The first-order valence-corrected chi connectivity index (χ1v) is 9.92. The van der Waals surface area contributed by atoms with Gasteiger partial charge in [-0.2, -0.15) is 5.10 Å². The molecule has 4 rings (SSSR count). The summed E-state index contributed by atoms with van der Waals surface area (Å²) in [5, 5.41) is 4.62. The Kier molecular flexibility index (Phi) is 4.14. The number of hydrogen-bond donors (Lipinski definition) is 0. The molecule has 1 aliphatic carbocycles. The summed E-state index contributed by atoms with van der Waals surface area (Å²) in [6.07, 6.45) is 4.62. The Labute approximate surface area is 157 Å². The van der Waals surface area contributed by atoms with E-state index in [-0.39, 0.29) is 5.91 Å². The fourth-order valence-electron chi connectivity index (χ4n) is 3.57. The van der Waals surface area contributed by atoms with Crippen LogP contribution in [0, 0.1) is 26.7 Å². The molecule has 1 aliphatic rings. The van der Waals surface area contributed by atoms with Crippen LogP contribution < -0.4 is 0 Å². The Bertz CT molecular complexity index is 978. The lowest BCUT2D eigenvalue weighted by atomic mass is 10.2. The smallest absolute Gasteiger partial charge is 0.274 e. The van der Waals surface area contributed by atoms with Crippen LogP contribution in [0.5, 0.6) is 0 Å². The zero-order valence-electron chi connectivity index (χ0n) is 16.0. The number of fused-ring (bicyclic) bond motifs is 1. The zero-order valence-corrected chi connectivity index (χ0v) is 16.8. The molecular formula is C19H25N5OS. The number of nitrogens with zero attached hydrogens (tertiary/aromatic N) is 5. The van der Waals surface area contributed by atoms with Gasteiger partial charge in [-0.05, 0) is 52.5 Å². The Morgan fingerprint density at radius 2 is 2.12 bits per heavy atom. The van der Waals surface area contributed by atoms with Crippen molar-refractivity contribution < 1.29 is 4.79 Å². The third-order valence-electron chi connectivity index (χ3n) is 5.31. The third kappa shape index (κ3) is 2.94. The summed E-state index contributed by atoms with van der Waals surface area (Å²) < 4.78 is 4.11. The lowest BCUT2D eigenvalue weighted by molar-refractivity contribution is 0.0775. The van der Waals surface area contributed by atoms with E-state index in [1.807, 2.05) is 31.6 Å². The monoisotopic (exact) mass is 371 g/mol. The number of rotatable bonds is 5. The second-order valence-corrected chi connectivity index (χ2v) is 8.71. The van der Waals surface area contributed by atoms with Crippen molar-refractivity contribution in [1.82, 2.24) is 24.1 Å². The normalized spacial score (nSPS) is 15.6. The second kappa shape index (κ2) is 6.23. The van der Waals surface area contributed by atoms with Gasteiger partial charge in [-0.15, -0.1) is 11.3 Å². The van der Waals surface area contributed by atoms with Crippen LogP contribution in [-0.4, -0.2) is 37.0 Å². The van der Waals surface area contributed by atoms with E-state index in [9.17, 15) is 4.79 Å². The number of hydrogen-bond acceptors (Lipinski definition) is 4. The molecule has 3 aromatic heterocycles. The van der Waals surface area contributed by atoms with Crippen molar-refractivity contribution in [3.63, 3.8) is 0 Å². The number of imidazole rings is 1. The van der Waals surface area contributed by atoms with Crippen LogP contribution in [0.2, 0.25) is 0 Å². The Morgan fingerprint density at radius 3 is 2.81 bits per heavy atom. The highest BCUT2D eigenvalue weighted by Gasteiger charge is 2.31. The molecule has 0 aromatic carbocycles. The molecule has 3 aromatic rings. The van der Waals surface area contributed by atoms with Gasteiger partial charge >= 0.3 is 0 Å². The first-order chi connectivity index (χ1) is 12.3. The zero-order chi connectivity index (χ0) is 18.6. The van der Waals surface area contributed by atoms with Crippen molar-refractivity contribution in [2.75, 3.05) is 7.05 Å². The number of amides is 1. The van der Waals surface area contributed by atoms with Gasteiger partial charge in [0.05, 0.1) is 24.0 Å². The van der Waals surface area contributed by atoms with Crippen LogP contribution in [0.1, 0.15) is 58.3 Å².